The molecule has 1 heterocycles. The number of carbonyl (C=O) groups is 1. The van der Waals surface area contributed by atoms with Gasteiger partial charge in [-0.3, -0.25) is 9.69 Å². The lowest BCUT2D eigenvalue weighted by atomic mass is 10.00. The Kier molecular flexibility index (Phi) is 7.63. The van der Waals surface area contributed by atoms with Crippen LogP contribution in [0.5, 0.6) is 0 Å². The molecule has 0 bridgehead atoms. The number of Topliss-reactive ketones (excluding diaryl/α,β-unsaturated/α-hetero) is 1. The summed E-state index contributed by atoms with van der Waals surface area (Å²) in [5, 5.41) is 0. The largest absolute Gasteiger partial charge is 0.378 e. The zero-order valence-electron chi connectivity index (χ0n) is 17.1. The summed E-state index contributed by atoms with van der Waals surface area (Å²) in [5.74, 6) is 0.209. The molecule has 1 aliphatic heterocycles. The zero-order chi connectivity index (χ0) is 19.8. The first-order valence-electron chi connectivity index (χ1n) is 10.4. The van der Waals surface area contributed by atoms with E-state index in [9.17, 15) is 4.79 Å². The van der Waals surface area contributed by atoms with Crippen molar-refractivity contribution < 1.29 is 9.53 Å². The molecular weight excluding hydrogens is 348 g/mol. The van der Waals surface area contributed by atoms with Crippen LogP contribution in [-0.2, 0) is 16.0 Å². The Bertz CT molecular complexity index is 724. The predicted molar refractivity (Wildman–Crippen MR) is 115 cm³/mol. The summed E-state index contributed by atoms with van der Waals surface area (Å²) in [6, 6.07) is 18.9. The quantitative estimate of drug-likeness (QED) is 0.655. The van der Waals surface area contributed by atoms with Crippen LogP contribution in [0, 0.1) is 0 Å². The highest BCUT2D eigenvalue weighted by atomic mass is 16.5. The van der Waals surface area contributed by atoms with Gasteiger partial charge in [0.25, 0.3) is 0 Å². The number of aryl methyl sites for hydroxylation is 1. The van der Waals surface area contributed by atoms with Crippen LogP contribution in [0.2, 0.25) is 0 Å². The minimum Gasteiger partial charge on any atom is -0.378 e. The Labute approximate surface area is 169 Å². The number of hydrogen-bond acceptors (Lipinski definition) is 4. The van der Waals surface area contributed by atoms with Crippen LogP contribution in [0.4, 0.5) is 5.69 Å². The van der Waals surface area contributed by atoms with Gasteiger partial charge in [-0.15, -0.1) is 0 Å². The van der Waals surface area contributed by atoms with Gasteiger partial charge in [-0.1, -0.05) is 49.4 Å². The molecule has 1 aliphatic rings. The Balaban J connectivity index is 1.65. The van der Waals surface area contributed by atoms with E-state index in [1.807, 2.05) is 6.07 Å². The van der Waals surface area contributed by atoms with Gasteiger partial charge in [0.15, 0.2) is 5.78 Å². The Morgan fingerprint density at radius 2 is 1.75 bits per heavy atom. The number of likely N-dealkylation sites (N-methyl/N-ethyl adjacent to an activating group) is 1. The maximum atomic E-state index is 12.5. The second kappa shape index (κ2) is 10.4. The first-order chi connectivity index (χ1) is 13.7. The molecule has 0 aliphatic carbocycles. The van der Waals surface area contributed by atoms with Crippen LogP contribution in [-0.4, -0.2) is 50.1 Å². The van der Waals surface area contributed by atoms with Crippen LogP contribution in [0.15, 0.2) is 54.6 Å². The average molecular weight is 381 g/mol. The maximum absolute atomic E-state index is 12.5. The number of ether oxygens (including phenoxy) is 1. The molecule has 1 saturated heterocycles. The number of carbonyl (C=O) groups excluding carboxylic acids is 1. The molecule has 0 spiro atoms. The van der Waals surface area contributed by atoms with Gasteiger partial charge >= 0.3 is 0 Å². The van der Waals surface area contributed by atoms with E-state index in [2.05, 4.69) is 65.3 Å². The topological polar surface area (TPSA) is 32.8 Å². The number of hydrogen-bond donors (Lipinski definition) is 0. The zero-order valence-corrected chi connectivity index (χ0v) is 17.1. The number of nitrogens with zero attached hydrogens (tertiary/aromatic N) is 2. The molecule has 4 nitrogen and oxygen atoms in total. The van der Waals surface area contributed by atoms with E-state index in [0.717, 1.165) is 57.8 Å². The van der Waals surface area contributed by atoms with Crippen molar-refractivity contribution in [2.24, 2.45) is 0 Å². The molecule has 0 amide bonds. The molecular formula is C24H32N2O2. The van der Waals surface area contributed by atoms with E-state index in [1.54, 1.807) is 6.92 Å². The average Bonchev–Trinajstić information content (AvgIpc) is 2.74. The molecule has 2 aromatic rings. The molecule has 0 saturated carbocycles. The van der Waals surface area contributed by atoms with Crippen molar-refractivity contribution >= 4 is 11.5 Å². The van der Waals surface area contributed by atoms with Crippen molar-refractivity contribution in [1.29, 1.82) is 0 Å². The van der Waals surface area contributed by atoms with Gasteiger partial charge in [-0.25, -0.2) is 0 Å². The Hall–Kier alpha value is -2.17. The third kappa shape index (κ3) is 5.43. The summed E-state index contributed by atoms with van der Waals surface area (Å²) in [6.07, 6.45) is 2.09. The fourth-order valence-corrected chi connectivity index (χ4v) is 3.99. The number of ketones is 1. The number of rotatable bonds is 9. The van der Waals surface area contributed by atoms with Gasteiger partial charge in [-0.05, 0) is 56.1 Å². The predicted octanol–water partition coefficient (Wildman–Crippen LogP) is 4.11. The van der Waals surface area contributed by atoms with Crippen molar-refractivity contribution in [1.82, 2.24) is 4.90 Å². The molecule has 4 heteroatoms. The van der Waals surface area contributed by atoms with Crippen LogP contribution in [0.25, 0.3) is 0 Å². The second-order valence-corrected chi connectivity index (χ2v) is 7.42. The molecule has 0 aromatic heterocycles. The molecule has 3 rings (SSSR count). The van der Waals surface area contributed by atoms with Crippen molar-refractivity contribution in [3.8, 4) is 0 Å². The van der Waals surface area contributed by atoms with E-state index in [4.69, 9.17) is 4.74 Å². The van der Waals surface area contributed by atoms with E-state index in [0.29, 0.717) is 0 Å². The summed E-state index contributed by atoms with van der Waals surface area (Å²) < 4.78 is 5.44. The summed E-state index contributed by atoms with van der Waals surface area (Å²) in [7, 11) is 0. The van der Waals surface area contributed by atoms with Crippen molar-refractivity contribution in [3.05, 3.63) is 65.7 Å². The molecule has 1 fully saturated rings. The van der Waals surface area contributed by atoms with Gasteiger partial charge in [0, 0.05) is 18.8 Å². The van der Waals surface area contributed by atoms with Gasteiger partial charge in [0.1, 0.15) is 0 Å². The lowest BCUT2D eigenvalue weighted by Crippen LogP contribution is -2.36. The van der Waals surface area contributed by atoms with Gasteiger partial charge in [0.2, 0.25) is 0 Å². The van der Waals surface area contributed by atoms with Gasteiger partial charge < -0.3 is 9.64 Å². The first-order valence-corrected chi connectivity index (χ1v) is 10.4. The highest BCUT2D eigenvalue weighted by molar-refractivity contribution is 5.83. The fourth-order valence-electron chi connectivity index (χ4n) is 3.99. The lowest BCUT2D eigenvalue weighted by molar-refractivity contribution is -0.122. The standard InChI is InChI=1S/C24H32N2O2/c1-3-25(15-7-10-21-8-5-4-6-9-21)24(20(2)27)22-11-13-23(14-12-22)26-16-18-28-19-17-26/h4-6,8-9,11-14,24H,3,7,10,15-19H2,1-2H3. The summed E-state index contributed by atoms with van der Waals surface area (Å²) in [6.45, 7) is 9.05. The highest BCUT2D eigenvalue weighted by Gasteiger charge is 2.23. The summed E-state index contributed by atoms with van der Waals surface area (Å²) in [5.41, 5.74) is 3.65. The second-order valence-electron chi connectivity index (χ2n) is 7.42. The Morgan fingerprint density at radius 1 is 1.07 bits per heavy atom. The smallest absolute Gasteiger partial charge is 0.151 e. The van der Waals surface area contributed by atoms with Crippen molar-refractivity contribution in [2.45, 2.75) is 32.7 Å². The number of benzene rings is 2. The van der Waals surface area contributed by atoms with E-state index >= 15 is 0 Å². The molecule has 1 unspecified atom stereocenters. The monoisotopic (exact) mass is 380 g/mol. The summed E-state index contributed by atoms with van der Waals surface area (Å²) >= 11 is 0. The maximum Gasteiger partial charge on any atom is 0.151 e. The lowest BCUT2D eigenvalue weighted by Gasteiger charge is -2.31. The van der Waals surface area contributed by atoms with Crippen LogP contribution in [0.3, 0.4) is 0 Å². The van der Waals surface area contributed by atoms with Crippen LogP contribution < -0.4 is 4.90 Å². The van der Waals surface area contributed by atoms with E-state index < -0.39 is 0 Å². The molecule has 28 heavy (non-hydrogen) atoms. The number of morpholine rings is 1. The van der Waals surface area contributed by atoms with Crippen molar-refractivity contribution in [2.75, 3.05) is 44.3 Å². The van der Waals surface area contributed by atoms with E-state index in [-0.39, 0.29) is 11.8 Å². The summed E-state index contributed by atoms with van der Waals surface area (Å²) in [4.78, 5) is 17.1. The normalized spacial score (nSPS) is 15.6. The molecule has 0 radical (unpaired) electrons. The molecule has 1 atom stereocenters. The van der Waals surface area contributed by atoms with Gasteiger partial charge in [-0.2, -0.15) is 0 Å². The third-order valence-corrected chi connectivity index (χ3v) is 5.50. The molecule has 150 valence electrons. The van der Waals surface area contributed by atoms with Gasteiger partial charge in [0.05, 0.1) is 19.3 Å². The Morgan fingerprint density at radius 3 is 2.36 bits per heavy atom. The van der Waals surface area contributed by atoms with Crippen molar-refractivity contribution in [3.63, 3.8) is 0 Å². The third-order valence-electron chi connectivity index (χ3n) is 5.50. The molecule has 2 aromatic carbocycles. The van der Waals surface area contributed by atoms with Crippen LogP contribution >= 0.6 is 0 Å². The molecule has 0 N–H and O–H groups in total. The van der Waals surface area contributed by atoms with Crippen LogP contribution in [0.1, 0.15) is 37.4 Å². The van der Waals surface area contributed by atoms with E-state index in [1.165, 1.54) is 11.3 Å². The number of anilines is 1. The minimum absolute atomic E-state index is 0.167. The minimum atomic E-state index is -0.167. The SMILES string of the molecule is CCN(CCCc1ccccc1)C(C(C)=O)c1ccc(N2CCOCC2)cc1. The first kappa shape index (κ1) is 20.6. The fraction of sp³-hybridized carbons (Fsp3) is 0.458. The highest BCUT2D eigenvalue weighted by Crippen LogP contribution is 2.25.